The van der Waals surface area contributed by atoms with Crippen LogP contribution >= 0.6 is 0 Å². The van der Waals surface area contributed by atoms with Crippen molar-refractivity contribution in [2.75, 3.05) is 0 Å². The van der Waals surface area contributed by atoms with Crippen molar-refractivity contribution >= 4 is 5.84 Å². The zero-order valence-corrected chi connectivity index (χ0v) is 8.72. The topological polar surface area (TPSA) is 38.4 Å². The largest absolute Gasteiger partial charge is 0.387 e. The molecular formula is C11H18N2. The van der Waals surface area contributed by atoms with Gasteiger partial charge in [0.05, 0.1) is 0 Å². The molecule has 0 aromatic heterocycles. The van der Waals surface area contributed by atoms with Crippen molar-refractivity contribution in [3.63, 3.8) is 0 Å². The Hall–Kier alpha value is -0.790. The van der Waals surface area contributed by atoms with Crippen LogP contribution in [0.15, 0.2) is 16.3 Å². The average Bonchev–Trinajstić information content (AvgIpc) is 2.40. The lowest BCUT2D eigenvalue weighted by atomic mass is 9.78. The maximum absolute atomic E-state index is 5.69. The van der Waals surface area contributed by atoms with Crippen LogP contribution in [0.4, 0.5) is 0 Å². The maximum Gasteiger partial charge on any atom is 0.103 e. The van der Waals surface area contributed by atoms with E-state index in [4.69, 9.17) is 5.73 Å². The van der Waals surface area contributed by atoms with Crippen LogP contribution in [0.2, 0.25) is 0 Å². The highest BCUT2D eigenvalue weighted by atomic mass is 14.9. The molecule has 1 unspecified atom stereocenters. The summed E-state index contributed by atoms with van der Waals surface area (Å²) in [5.74, 6) is 1.59. The summed E-state index contributed by atoms with van der Waals surface area (Å²) in [6.45, 7) is 6.94. The fraction of sp³-hybridized carbons (Fsp3) is 0.727. The van der Waals surface area contributed by atoms with Crippen LogP contribution in [-0.2, 0) is 0 Å². The molecule has 0 aromatic carbocycles. The minimum Gasteiger partial charge on any atom is -0.387 e. The molecule has 0 fully saturated rings. The maximum atomic E-state index is 5.69. The summed E-state index contributed by atoms with van der Waals surface area (Å²) in [5, 5.41) is 0. The number of rotatable bonds is 0. The van der Waals surface area contributed by atoms with Crippen LogP contribution in [0.5, 0.6) is 0 Å². The monoisotopic (exact) mass is 178 g/mol. The summed E-state index contributed by atoms with van der Waals surface area (Å²) in [6.07, 6.45) is 3.28. The van der Waals surface area contributed by atoms with Crippen molar-refractivity contribution < 1.29 is 0 Å². The number of amidine groups is 1. The lowest BCUT2D eigenvalue weighted by Crippen LogP contribution is -2.19. The molecule has 1 heterocycles. The Bertz CT molecular complexity index is 292. The molecule has 72 valence electrons. The molecule has 0 aromatic rings. The zero-order valence-electron chi connectivity index (χ0n) is 8.72. The fourth-order valence-corrected chi connectivity index (χ4v) is 2.21. The number of allylic oxidation sites excluding steroid dienone is 1. The molecule has 0 saturated carbocycles. The molecule has 2 heteroatoms. The van der Waals surface area contributed by atoms with Gasteiger partial charge >= 0.3 is 0 Å². The first-order valence-electron chi connectivity index (χ1n) is 5.01. The van der Waals surface area contributed by atoms with Gasteiger partial charge in [0.2, 0.25) is 0 Å². The Morgan fingerprint density at radius 3 is 2.54 bits per heavy atom. The fourth-order valence-electron chi connectivity index (χ4n) is 2.21. The predicted octanol–water partition coefficient (Wildman–Crippen LogP) is 2.46. The van der Waals surface area contributed by atoms with Crippen LogP contribution in [0.1, 0.15) is 40.0 Å². The van der Waals surface area contributed by atoms with E-state index in [0.717, 1.165) is 24.6 Å². The first-order valence-corrected chi connectivity index (χ1v) is 5.01. The molecule has 13 heavy (non-hydrogen) atoms. The molecule has 2 nitrogen and oxygen atoms in total. The summed E-state index contributed by atoms with van der Waals surface area (Å²) in [6, 6.07) is 0. The van der Waals surface area contributed by atoms with Gasteiger partial charge in [-0.15, -0.1) is 0 Å². The Morgan fingerprint density at radius 1 is 1.31 bits per heavy atom. The number of aliphatic imine (C=N–C) groups is 1. The predicted molar refractivity (Wildman–Crippen MR) is 55.4 cm³/mol. The third-order valence-electron chi connectivity index (χ3n) is 3.24. The van der Waals surface area contributed by atoms with Gasteiger partial charge in [-0.25, -0.2) is 4.99 Å². The Kier molecular flexibility index (Phi) is 1.76. The summed E-state index contributed by atoms with van der Waals surface area (Å²) in [7, 11) is 0. The van der Waals surface area contributed by atoms with Crippen LogP contribution in [0.3, 0.4) is 0 Å². The zero-order chi connectivity index (χ0) is 9.64. The van der Waals surface area contributed by atoms with E-state index in [-0.39, 0.29) is 0 Å². The molecule has 2 rings (SSSR count). The first kappa shape index (κ1) is 8.79. The van der Waals surface area contributed by atoms with E-state index in [1.54, 1.807) is 0 Å². The number of nitrogens with zero attached hydrogens (tertiary/aromatic N) is 1. The van der Waals surface area contributed by atoms with Crippen molar-refractivity contribution in [3.05, 3.63) is 11.3 Å². The van der Waals surface area contributed by atoms with E-state index in [2.05, 4.69) is 25.8 Å². The highest BCUT2D eigenvalue weighted by molar-refractivity contribution is 5.86. The standard InChI is InChI=1S/C11H18N2/c1-11(2,3)8-4-7-5-10(12)13-9(7)6-8/h8H,4-6H2,1-3H3,(H2,12,13). The van der Waals surface area contributed by atoms with Gasteiger partial charge < -0.3 is 5.73 Å². The van der Waals surface area contributed by atoms with E-state index in [9.17, 15) is 0 Å². The minimum absolute atomic E-state index is 0.411. The van der Waals surface area contributed by atoms with Crippen LogP contribution < -0.4 is 5.73 Å². The van der Waals surface area contributed by atoms with Crippen molar-refractivity contribution in [2.24, 2.45) is 22.1 Å². The van der Waals surface area contributed by atoms with E-state index >= 15 is 0 Å². The third kappa shape index (κ3) is 1.50. The molecular weight excluding hydrogens is 160 g/mol. The van der Waals surface area contributed by atoms with Gasteiger partial charge in [-0.2, -0.15) is 0 Å². The van der Waals surface area contributed by atoms with E-state index in [1.807, 2.05) is 0 Å². The minimum atomic E-state index is 0.411. The lowest BCUT2D eigenvalue weighted by Gasteiger charge is -2.27. The van der Waals surface area contributed by atoms with E-state index in [1.165, 1.54) is 17.7 Å². The molecule has 0 bridgehead atoms. The van der Waals surface area contributed by atoms with Gasteiger partial charge in [0.15, 0.2) is 0 Å². The molecule has 1 atom stereocenters. The van der Waals surface area contributed by atoms with Gasteiger partial charge in [-0.1, -0.05) is 20.8 Å². The van der Waals surface area contributed by atoms with Gasteiger partial charge in [-0.05, 0) is 29.7 Å². The van der Waals surface area contributed by atoms with Crippen molar-refractivity contribution in [3.8, 4) is 0 Å². The van der Waals surface area contributed by atoms with Crippen molar-refractivity contribution in [1.29, 1.82) is 0 Å². The Morgan fingerprint density at radius 2 is 2.00 bits per heavy atom. The highest BCUT2D eigenvalue weighted by Crippen LogP contribution is 2.45. The van der Waals surface area contributed by atoms with Gasteiger partial charge in [0.1, 0.15) is 5.84 Å². The normalized spacial score (nSPS) is 27.9. The molecule has 0 radical (unpaired) electrons. The second-order valence-electron chi connectivity index (χ2n) is 5.30. The molecule has 0 amide bonds. The molecule has 0 saturated heterocycles. The average molecular weight is 178 g/mol. The van der Waals surface area contributed by atoms with Crippen LogP contribution in [0.25, 0.3) is 0 Å². The lowest BCUT2D eigenvalue weighted by molar-refractivity contribution is 0.248. The number of nitrogens with two attached hydrogens (primary N) is 1. The Balaban J connectivity index is 2.09. The van der Waals surface area contributed by atoms with Crippen molar-refractivity contribution in [1.82, 2.24) is 0 Å². The van der Waals surface area contributed by atoms with Crippen LogP contribution in [-0.4, -0.2) is 5.84 Å². The summed E-state index contributed by atoms with van der Waals surface area (Å²) < 4.78 is 0. The molecule has 2 aliphatic rings. The highest BCUT2D eigenvalue weighted by Gasteiger charge is 2.34. The number of hydrogen-bond donors (Lipinski definition) is 1. The van der Waals surface area contributed by atoms with E-state index in [0.29, 0.717) is 5.41 Å². The first-order chi connectivity index (χ1) is 5.97. The van der Waals surface area contributed by atoms with Crippen molar-refractivity contribution in [2.45, 2.75) is 40.0 Å². The second kappa shape index (κ2) is 2.60. The summed E-state index contributed by atoms with van der Waals surface area (Å²) >= 11 is 0. The molecule has 2 N–H and O–H groups in total. The molecule has 1 aliphatic heterocycles. The number of hydrogen-bond acceptors (Lipinski definition) is 2. The second-order valence-corrected chi connectivity index (χ2v) is 5.30. The molecule has 0 spiro atoms. The van der Waals surface area contributed by atoms with Gasteiger partial charge in [-0.3, -0.25) is 0 Å². The summed E-state index contributed by atoms with van der Waals surface area (Å²) in [4.78, 5) is 4.39. The SMILES string of the molecule is CC(C)(C)C1CC2=C(C1)N=C(N)C2. The van der Waals surface area contributed by atoms with E-state index < -0.39 is 0 Å². The van der Waals surface area contributed by atoms with Gasteiger partial charge in [0.25, 0.3) is 0 Å². The van der Waals surface area contributed by atoms with Gasteiger partial charge in [0, 0.05) is 12.1 Å². The quantitative estimate of drug-likeness (QED) is 0.608. The Labute approximate surface area is 79.9 Å². The smallest absolute Gasteiger partial charge is 0.103 e. The van der Waals surface area contributed by atoms with Crippen LogP contribution in [0, 0.1) is 11.3 Å². The summed E-state index contributed by atoms with van der Waals surface area (Å²) in [5.41, 5.74) is 8.89. The molecule has 1 aliphatic carbocycles. The third-order valence-corrected chi connectivity index (χ3v) is 3.24.